The van der Waals surface area contributed by atoms with Crippen LogP contribution < -0.4 is 0 Å². The van der Waals surface area contributed by atoms with Crippen LogP contribution in [0.2, 0.25) is 36.3 Å². The molecule has 0 fully saturated rings. The van der Waals surface area contributed by atoms with E-state index >= 15 is 0 Å². The lowest BCUT2D eigenvalue weighted by Crippen LogP contribution is -2.50. The average molecular weight is 440 g/mol. The second kappa shape index (κ2) is 8.04. The molecule has 2 atom stereocenters. The molecule has 0 aliphatic heterocycles. The molecule has 1 aromatic rings. The lowest BCUT2D eigenvalue weighted by atomic mass is 9.95. The minimum Gasteiger partial charge on any atom is -0.545 e. The number of rotatable bonds is 5. The normalized spacial score (nSPS) is 27.2. The quantitative estimate of drug-likeness (QED) is 0.485. The molecule has 0 saturated carbocycles. The van der Waals surface area contributed by atoms with Crippen LogP contribution in [-0.4, -0.2) is 33.2 Å². The maximum atomic E-state index is 13.8. The highest BCUT2D eigenvalue weighted by Gasteiger charge is 2.46. The first-order chi connectivity index (χ1) is 15.5. The molecule has 1 heterocycles. The summed E-state index contributed by atoms with van der Waals surface area (Å²) in [5.74, 6) is -2.47. The van der Waals surface area contributed by atoms with E-state index in [2.05, 4.69) is 0 Å². The van der Waals surface area contributed by atoms with E-state index < -0.39 is 46.8 Å². The van der Waals surface area contributed by atoms with Gasteiger partial charge in [0.2, 0.25) is 14.2 Å². The summed E-state index contributed by atoms with van der Waals surface area (Å²) in [6.45, 7) is 19.9. The van der Waals surface area contributed by atoms with Crippen molar-refractivity contribution in [1.29, 1.82) is 0 Å². The Morgan fingerprint density at radius 2 is 1.66 bits per heavy atom. The molecular weight excluding hydrogens is 394 g/mol. The molecule has 0 radical (unpaired) electrons. The summed E-state index contributed by atoms with van der Waals surface area (Å²) in [5, 5.41) is -0.614. The van der Waals surface area contributed by atoms with E-state index in [1.807, 2.05) is 67.7 Å². The molecule has 0 amide bonds. The first kappa shape index (κ1) is 16.3. The summed E-state index contributed by atoms with van der Waals surface area (Å²) < 4.78 is 64.6. The molecule has 4 nitrogen and oxygen atoms in total. The second-order valence-electron chi connectivity index (χ2n) is 10.5. The molecule has 6 heteroatoms. The van der Waals surface area contributed by atoms with Crippen molar-refractivity contribution < 1.29 is 21.9 Å². The molecule has 1 aromatic heterocycles. The summed E-state index contributed by atoms with van der Waals surface area (Å²) in [4.78, 5) is 13.8. The van der Waals surface area contributed by atoms with E-state index in [9.17, 15) is 6.17 Å². The summed E-state index contributed by atoms with van der Waals surface area (Å²) in [5.41, 5.74) is 0. The van der Waals surface area contributed by atoms with Crippen LogP contribution in [0, 0.1) is 5.92 Å². The number of aromatic nitrogens is 1. The zero-order valence-electron chi connectivity index (χ0n) is 25.4. The minimum atomic E-state index is -2.76. The Labute approximate surface area is 187 Å². The first-order valence-electron chi connectivity index (χ1n) is 13.0. The Hall–Kier alpha value is -1.38. The van der Waals surface area contributed by atoms with Gasteiger partial charge in [-0.05, 0) is 54.4 Å². The fourth-order valence-corrected chi connectivity index (χ4v) is 4.20. The predicted molar refractivity (Wildman–Crippen MR) is 126 cm³/mol. The summed E-state index contributed by atoms with van der Waals surface area (Å²) in [6, 6.07) is -1.20. The molecule has 1 aliphatic rings. The number of carbonyl (C=O) groups is 1. The Morgan fingerprint density at radius 1 is 1.07 bits per heavy atom. The third kappa shape index (κ3) is 5.22. The maximum Gasteiger partial charge on any atom is 0.250 e. The highest BCUT2D eigenvalue weighted by Crippen LogP contribution is 2.43. The summed E-state index contributed by atoms with van der Waals surface area (Å²) >= 11 is 0. The van der Waals surface area contributed by atoms with E-state index in [0.717, 1.165) is 10.8 Å². The summed E-state index contributed by atoms with van der Waals surface area (Å²) in [6.07, 6.45) is -0.459. The molecule has 0 bridgehead atoms. The Kier molecular flexibility index (Phi) is 4.53. The van der Waals surface area contributed by atoms with Gasteiger partial charge in [-0.2, -0.15) is 0 Å². The molecule has 0 aromatic carbocycles. The minimum absolute atomic E-state index is 0.0980. The van der Waals surface area contributed by atoms with Crippen LogP contribution in [-0.2, 0) is 8.85 Å². The van der Waals surface area contributed by atoms with Crippen LogP contribution in [0.4, 0.5) is 0 Å². The van der Waals surface area contributed by atoms with Gasteiger partial charge in [-0.1, -0.05) is 53.7 Å². The van der Waals surface area contributed by atoms with Gasteiger partial charge in [-0.3, -0.25) is 9.36 Å². The standard InChI is InChI=1S/C23H39NO3Si2/c1-22(2,3)28(7,8)26-19-15-13-14-18(21(25)24-16-11-12-17-24)20(19)27-29(9,10)23(4,5)6/h11-18,20H,1-10H3/i11D,12D,14D,15D,16D,20D. The molecule has 29 heavy (non-hydrogen) atoms. The zero-order chi connectivity index (χ0) is 27.5. The summed E-state index contributed by atoms with van der Waals surface area (Å²) in [7, 11) is -5.35. The smallest absolute Gasteiger partial charge is 0.250 e. The average Bonchev–Trinajstić information content (AvgIpc) is 2.90. The molecule has 2 unspecified atom stereocenters. The first-order valence-corrected chi connectivity index (χ1v) is 15.8. The molecule has 1 aliphatic carbocycles. The molecular formula is C23H39NO3Si2. The number of hydrogen-bond acceptors (Lipinski definition) is 3. The number of allylic oxidation sites excluding steroid dienone is 2. The van der Waals surface area contributed by atoms with Crippen molar-refractivity contribution in [3.63, 3.8) is 0 Å². The Morgan fingerprint density at radius 3 is 2.14 bits per heavy atom. The van der Waals surface area contributed by atoms with Crippen molar-refractivity contribution in [3.8, 4) is 0 Å². The largest absolute Gasteiger partial charge is 0.545 e. The SMILES string of the molecule is [2H]C1=CC([2H])=C(O[Si](C)(C)C(C)(C)C)C([2H])(O[Si](C)(C)C(C)(C)C)C1C(=O)n1cc([2H])c([2H])c1[2H]. The fraction of sp³-hybridized carbons (Fsp3) is 0.609. The van der Waals surface area contributed by atoms with Crippen LogP contribution in [0.15, 0.2) is 48.4 Å². The van der Waals surface area contributed by atoms with Crippen molar-refractivity contribution in [1.82, 2.24) is 4.57 Å². The van der Waals surface area contributed by atoms with E-state index in [4.69, 9.17) is 15.7 Å². The van der Waals surface area contributed by atoms with E-state index in [0.29, 0.717) is 0 Å². The molecule has 0 spiro atoms. The van der Waals surface area contributed by atoms with Crippen LogP contribution in [0.25, 0.3) is 0 Å². The van der Waals surface area contributed by atoms with Gasteiger partial charge < -0.3 is 8.85 Å². The van der Waals surface area contributed by atoms with Crippen LogP contribution in [0.3, 0.4) is 0 Å². The fourth-order valence-electron chi connectivity index (χ4n) is 2.15. The third-order valence-corrected chi connectivity index (χ3v) is 14.9. The van der Waals surface area contributed by atoms with Crippen LogP contribution in [0.5, 0.6) is 0 Å². The topological polar surface area (TPSA) is 40.5 Å². The van der Waals surface area contributed by atoms with Crippen molar-refractivity contribution in [2.24, 2.45) is 5.92 Å². The maximum absolute atomic E-state index is 13.8. The van der Waals surface area contributed by atoms with Gasteiger partial charge in [0.25, 0.3) is 0 Å². The number of hydrogen-bond donors (Lipinski definition) is 0. The van der Waals surface area contributed by atoms with Crippen LogP contribution in [0.1, 0.15) is 54.6 Å². The lowest BCUT2D eigenvalue weighted by Gasteiger charge is -2.44. The monoisotopic (exact) mass is 439 g/mol. The van der Waals surface area contributed by atoms with Gasteiger partial charge in [0.1, 0.15) is 11.8 Å². The molecule has 162 valence electrons. The van der Waals surface area contributed by atoms with Crippen molar-refractivity contribution >= 4 is 22.5 Å². The van der Waals surface area contributed by atoms with E-state index in [1.165, 1.54) is 6.08 Å². The van der Waals surface area contributed by atoms with Crippen molar-refractivity contribution in [3.05, 3.63) is 48.4 Å². The second-order valence-corrected chi connectivity index (χ2v) is 20.0. The number of nitrogens with zero attached hydrogens (tertiary/aromatic N) is 1. The van der Waals surface area contributed by atoms with Gasteiger partial charge in [0, 0.05) is 12.4 Å². The highest BCUT2D eigenvalue weighted by molar-refractivity contribution is 6.75. The van der Waals surface area contributed by atoms with Gasteiger partial charge in [-0.15, -0.1) is 0 Å². The zero-order valence-corrected chi connectivity index (χ0v) is 21.4. The number of carbonyl (C=O) groups excluding carboxylic acids is 1. The Bertz CT molecular complexity index is 1080. The van der Waals surface area contributed by atoms with Gasteiger partial charge in [0.05, 0.1) is 14.1 Å². The van der Waals surface area contributed by atoms with Gasteiger partial charge >= 0.3 is 0 Å². The van der Waals surface area contributed by atoms with E-state index in [1.54, 1.807) is 0 Å². The molecule has 0 N–H and O–H groups in total. The van der Waals surface area contributed by atoms with Crippen LogP contribution >= 0.6 is 0 Å². The van der Waals surface area contributed by atoms with E-state index in [-0.39, 0.29) is 34.0 Å². The Balaban J connectivity index is 2.81. The van der Waals surface area contributed by atoms with Crippen molar-refractivity contribution in [2.75, 3.05) is 0 Å². The predicted octanol–water partition coefficient (Wildman–Crippen LogP) is 6.61. The molecule has 2 rings (SSSR count). The highest BCUT2D eigenvalue weighted by atomic mass is 28.4. The van der Waals surface area contributed by atoms with Gasteiger partial charge in [-0.25, -0.2) is 0 Å². The van der Waals surface area contributed by atoms with Crippen molar-refractivity contribution in [2.45, 2.75) is 83.9 Å². The van der Waals surface area contributed by atoms with Gasteiger partial charge in [0.15, 0.2) is 8.32 Å². The molecule has 0 saturated heterocycles. The lowest BCUT2D eigenvalue weighted by molar-refractivity contribution is 0.0685. The third-order valence-electron chi connectivity index (χ3n) is 6.20.